The molecule has 0 saturated carbocycles. The van der Waals surface area contributed by atoms with Crippen molar-refractivity contribution < 1.29 is 14.6 Å². The summed E-state index contributed by atoms with van der Waals surface area (Å²) in [7, 11) is 3.16. The third-order valence-corrected chi connectivity index (χ3v) is 2.93. The highest BCUT2D eigenvalue weighted by Gasteiger charge is 2.12. The molecule has 1 atom stereocenters. The summed E-state index contributed by atoms with van der Waals surface area (Å²) < 4.78 is 12.1. The quantitative estimate of drug-likeness (QED) is 0.894. The van der Waals surface area contributed by atoms with E-state index in [0.29, 0.717) is 18.0 Å². The van der Waals surface area contributed by atoms with Gasteiger partial charge in [-0.3, -0.25) is 4.68 Å². The Bertz CT molecular complexity index is 551. The number of ether oxygens (including phenoxy) is 2. The second-order valence-electron chi connectivity index (χ2n) is 4.31. The van der Waals surface area contributed by atoms with Crippen LogP contribution in [-0.2, 0) is 6.54 Å². The van der Waals surface area contributed by atoms with Crippen molar-refractivity contribution in [1.29, 1.82) is 0 Å². The first-order valence-corrected chi connectivity index (χ1v) is 6.04. The molecule has 2 aromatic rings. The minimum Gasteiger partial charge on any atom is -0.493 e. The van der Waals surface area contributed by atoms with Crippen molar-refractivity contribution in [3.63, 3.8) is 0 Å². The van der Waals surface area contributed by atoms with Gasteiger partial charge in [-0.15, -0.1) is 0 Å². The third-order valence-electron chi connectivity index (χ3n) is 2.93. The van der Waals surface area contributed by atoms with E-state index in [9.17, 15) is 5.11 Å². The number of hydrogen-bond acceptors (Lipinski definition) is 4. The van der Waals surface area contributed by atoms with E-state index in [4.69, 9.17) is 9.47 Å². The van der Waals surface area contributed by atoms with Crippen LogP contribution in [0.3, 0.4) is 0 Å². The molecular formula is C14H18N2O3. The predicted molar refractivity (Wildman–Crippen MR) is 71.5 cm³/mol. The maximum Gasteiger partial charge on any atom is 0.161 e. The van der Waals surface area contributed by atoms with Crippen molar-refractivity contribution in [2.24, 2.45) is 0 Å². The zero-order valence-corrected chi connectivity index (χ0v) is 11.3. The molecular weight excluding hydrogens is 244 g/mol. The van der Waals surface area contributed by atoms with Gasteiger partial charge in [-0.1, -0.05) is 6.07 Å². The molecule has 0 saturated heterocycles. The highest BCUT2D eigenvalue weighted by Crippen LogP contribution is 2.30. The van der Waals surface area contributed by atoms with Crippen LogP contribution < -0.4 is 9.47 Å². The second kappa shape index (κ2) is 5.75. The lowest BCUT2D eigenvalue weighted by molar-refractivity contribution is 0.151. The van der Waals surface area contributed by atoms with Gasteiger partial charge in [0.1, 0.15) is 0 Å². The molecule has 19 heavy (non-hydrogen) atoms. The van der Waals surface area contributed by atoms with Crippen LogP contribution >= 0.6 is 0 Å². The van der Waals surface area contributed by atoms with E-state index < -0.39 is 6.10 Å². The van der Waals surface area contributed by atoms with Crippen molar-refractivity contribution in [2.45, 2.75) is 19.6 Å². The van der Waals surface area contributed by atoms with E-state index in [-0.39, 0.29) is 0 Å². The molecule has 0 aliphatic carbocycles. The smallest absolute Gasteiger partial charge is 0.161 e. The van der Waals surface area contributed by atoms with Gasteiger partial charge in [0.15, 0.2) is 11.5 Å². The number of aromatic nitrogens is 2. The third kappa shape index (κ3) is 3.06. The summed E-state index contributed by atoms with van der Waals surface area (Å²) in [5.74, 6) is 1.25. The van der Waals surface area contributed by atoms with Gasteiger partial charge in [0.25, 0.3) is 0 Å². The van der Waals surface area contributed by atoms with E-state index in [1.807, 2.05) is 25.3 Å². The number of aliphatic hydroxyl groups is 1. The van der Waals surface area contributed by atoms with Crippen LogP contribution in [0, 0.1) is 6.92 Å². The number of rotatable bonds is 5. The Labute approximate surface area is 112 Å². The molecule has 1 aromatic carbocycles. The van der Waals surface area contributed by atoms with E-state index in [0.717, 1.165) is 11.3 Å². The van der Waals surface area contributed by atoms with E-state index in [1.165, 1.54) is 0 Å². The summed E-state index contributed by atoms with van der Waals surface area (Å²) in [6, 6.07) is 7.29. The lowest BCUT2D eigenvalue weighted by Crippen LogP contribution is -2.09. The summed E-state index contributed by atoms with van der Waals surface area (Å²) >= 11 is 0. The van der Waals surface area contributed by atoms with E-state index in [1.54, 1.807) is 31.0 Å². The van der Waals surface area contributed by atoms with Gasteiger partial charge in [0.2, 0.25) is 0 Å². The van der Waals surface area contributed by atoms with Crippen molar-refractivity contribution in [3.05, 3.63) is 41.7 Å². The fourth-order valence-electron chi connectivity index (χ4n) is 1.91. The zero-order chi connectivity index (χ0) is 13.8. The molecule has 0 spiro atoms. The summed E-state index contributed by atoms with van der Waals surface area (Å²) in [6.07, 6.45) is 1.21. The number of methoxy groups -OCH3 is 2. The van der Waals surface area contributed by atoms with Crippen LogP contribution in [0.5, 0.6) is 11.5 Å². The Kier molecular flexibility index (Phi) is 4.06. The lowest BCUT2D eigenvalue weighted by Gasteiger charge is -2.14. The average Bonchev–Trinajstić information content (AvgIpc) is 2.83. The number of nitrogens with zero attached hydrogens (tertiary/aromatic N) is 2. The Morgan fingerprint density at radius 1 is 1.21 bits per heavy atom. The normalized spacial score (nSPS) is 12.2. The standard InChI is InChI=1S/C14H18N2O3/c1-10-6-7-16(15-10)9-12(17)11-4-5-13(18-2)14(8-11)19-3/h4-8,12,17H,9H2,1-3H3. The van der Waals surface area contributed by atoms with Crippen molar-refractivity contribution in [1.82, 2.24) is 9.78 Å². The average molecular weight is 262 g/mol. The summed E-state index contributed by atoms with van der Waals surface area (Å²) in [5, 5.41) is 14.5. The van der Waals surface area contributed by atoms with Crippen LogP contribution in [0.25, 0.3) is 0 Å². The molecule has 5 heteroatoms. The topological polar surface area (TPSA) is 56.5 Å². The molecule has 5 nitrogen and oxygen atoms in total. The fourth-order valence-corrected chi connectivity index (χ4v) is 1.91. The minimum atomic E-state index is -0.640. The first kappa shape index (κ1) is 13.4. The number of benzene rings is 1. The summed E-state index contributed by atoms with van der Waals surface area (Å²) in [4.78, 5) is 0. The Hall–Kier alpha value is -2.01. The van der Waals surface area contributed by atoms with Crippen molar-refractivity contribution >= 4 is 0 Å². The summed E-state index contributed by atoms with van der Waals surface area (Å²) in [6.45, 7) is 2.32. The Morgan fingerprint density at radius 2 is 1.95 bits per heavy atom. The molecule has 1 heterocycles. The van der Waals surface area contributed by atoms with E-state index >= 15 is 0 Å². The van der Waals surface area contributed by atoms with Crippen LogP contribution in [0.1, 0.15) is 17.4 Å². The van der Waals surface area contributed by atoms with Gasteiger partial charge in [-0.25, -0.2) is 0 Å². The van der Waals surface area contributed by atoms with Crippen molar-refractivity contribution in [2.75, 3.05) is 14.2 Å². The number of aliphatic hydroxyl groups excluding tert-OH is 1. The predicted octanol–water partition coefficient (Wildman–Crippen LogP) is 1.94. The molecule has 0 bridgehead atoms. The molecule has 102 valence electrons. The van der Waals surface area contributed by atoms with Gasteiger partial charge in [0.05, 0.1) is 32.6 Å². The van der Waals surface area contributed by atoms with Gasteiger partial charge >= 0.3 is 0 Å². The zero-order valence-electron chi connectivity index (χ0n) is 11.3. The van der Waals surface area contributed by atoms with Crippen LogP contribution in [0.15, 0.2) is 30.5 Å². The maximum atomic E-state index is 10.2. The largest absolute Gasteiger partial charge is 0.493 e. The first-order chi connectivity index (χ1) is 9.13. The van der Waals surface area contributed by atoms with Gasteiger partial charge < -0.3 is 14.6 Å². The monoisotopic (exact) mass is 262 g/mol. The number of hydrogen-bond donors (Lipinski definition) is 1. The van der Waals surface area contributed by atoms with Gasteiger partial charge in [0, 0.05) is 6.20 Å². The Morgan fingerprint density at radius 3 is 2.53 bits per heavy atom. The first-order valence-electron chi connectivity index (χ1n) is 6.04. The van der Waals surface area contributed by atoms with Gasteiger partial charge in [-0.05, 0) is 30.7 Å². The number of aryl methyl sites for hydroxylation is 1. The molecule has 0 aliphatic rings. The van der Waals surface area contributed by atoms with Crippen LogP contribution in [0.2, 0.25) is 0 Å². The van der Waals surface area contributed by atoms with Crippen molar-refractivity contribution in [3.8, 4) is 11.5 Å². The summed E-state index contributed by atoms with van der Waals surface area (Å²) in [5.41, 5.74) is 1.70. The van der Waals surface area contributed by atoms with Gasteiger partial charge in [-0.2, -0.15) is 5.10 Å². The molecule has 0 amide bonds. The highest BCUT2D eigenvalue weighted by atomic mass is 16.5. The molecule has 1 unspecified atom stereocenters. The van der Waals surface area contributed by atoms with Crippen LogP contribution in [0.4, 0.5) is 0 Å². The molecule has 1 N–H and O–H groups in total. The fraction of sp³-hybridized carbons (Fsp3) is 0.357. The minimum absolute atomic E-state index is 0.406. The molecule has 1 aromatic heterocycles. The molecule has 0 fully saturated rings. The second-order valence-corrected chi connectivity index (χ2v) is 4.31. The maximum absolute atomic E-state index is 10.2. The molecule has 0 aliphatic heterocycles. The lowest BCUT2D eigenvalue weighted by atomic mass is 10.1. The van der Waals surface area contributed by atoms with Crippen LogP contribution in [-0.4, -0.2) is 29.1 Å². The molecule has 2 rings (SSSR count). The van der Waals surface area contributed by atoms with E-state index in [2.05, 4.69) is 5.10 Å². The SMILES string of the molecule is COc1ccc(C(O)Cn2ccc(C)n2)cc1OC. The molecule has 0 radical (unpaired) electrons. The Balaban J connectivity index is 2.16. The highest BCUT2D eigenvalue weighted by molar-refractivity contribution is 5.43.